The standard InChI is InChI=1S/C23H30/c1-14(2)19-12-11-18-13-17-9-7-8-10-20(17)22(16(5)6)23(18)21(19)15(3)4/h7-12,14-16,22H,13H2,1-6H3. The van der Waals surface area contributed by atoms with Gasteiger partial charge in [0.2, 0.25) is 0 Å². The summed E-state index contributed by atoms with van der Waals surface area (Å²) in [6.45, 7) is 14.1. The summed E-state index contributed by atoms with van der Waals surface area (Å²) < 4.78 is 0. The zero-order chi connectivity index (χ0) is 16.7. The third-order valence-electron chi connectivity index (χ3n) is 5.36. The fourth-order valence-corrected chi connectivity index (χ4v) is 4.42. The highest BCUT2D eigenvalue weighted by Crippen LogP contribution is 2.46. The normalized spacial score (nSPS) is 16.8. The summed E-state index contributed by atoms with van der Waals surface area (Å²) in [6, 6.07) is 13.9. The number of benzene rings is 2. The number of hydrogen-bond acceptors (Lipinski definition) is 0. The lowest BCUT2D eigenvalue weighted by molar-refractivity contribution is 0.540. The number of fused-ring (bicyclic) bond motifs is 2. The molecule has 0 nitrogen and oxygen atoms in total. The van der Waals surface area contributed by atoms with E-state index >= 15 is 0 Å². The minimum Gasteiger partial charge on any atom is -0.0620 e. The van der Waals surface area contributed by atoms with Crippen LogP contribution in [0.1, 0.15) is 92.7 Å². The largest absolute Gasteiger partial charge is 0.0620 e. The van der Waals surface area contributed by atoms with Crippen LogP contribution < -0.4 is 0 Å². The first-order valence-electron chi connectivity index (χ1n) is 9.15. The predicted octanol–water partition coefficient (Wildman–Crippen LogP) is 6.63. The molecule has 1 aliphatic carbocycles. The van der Waals surface area contributed by atoms with E-state index in [-0.39, 0.29) is 0 Å². The molecule has 1 atom stereocenters. The van der Waals surface area contributed by atoms with Crippen LogP contribution in [0.25, 0.3) is 0 Å². The van der Waals surface area contributed by atoms with Gasteiger partial charge in [-0.05, 0) is 57.6 Å². The zero-order valence-electron chi connectivity index (χ0n) is 15.5. The van der Waals surface area contributed by atoms with E-state index in [0.717, 1.165) is 6.42 Å². The van der Waals surface area contributed by atoms with Gasteiger partial charge in [0.05, 0.1) is 0 Å². The van der Waals surface area contributed by atoms with Crippen LogP contribution in [0, 0.1) is 5.92 Å². The quantitative estimate of drug-likeness (QED) is 0.597. The molecule has 0 radical (unpaired) electrons. The van der Waals surface area contributed by atoms with Crippen LogP contribution in [0.2, 0.25) is 0 Å². The molecule has 23 heavy (non-hydrogen) atoms. The lowest BCUT2D eigenvalue weighted by Gasteiger charge is -2.35. The molecule has 0 heterocycles. The fraction of sp³-hybridized carbons (Fsp3) is 0.478. The minimum atomic E-state index is 0.533. The topological polar surface area (TPSA) is 0 Å². The van der Waals surface area contributed by atoms with Gasteiger partial charge in [-0.1, -0.05) is 77.9 Å². The Morgan fingerprint density at radius 1 is 0.783 bits per heavy atom. The highest BCUT2D eigenvalue weighted by atomic mass is 14.4. The van der Waals surface area contributed by atoms with Gasteiger partial charge < -0.3 is 0 Å². The maximum absolute atomic E-state index is 2.40. The molecule has 122 valence electrons. The van der Waals surface area contributed by atoms with E-state index < -0.39 is 0 Å². The minimum absolute atomic E-state index is 0.533. The van der Waals surface area contributed by atoms with Gasteiger partial charge in [0, 0.05) is 5.92 Å². The summed E-state index contributed by atoms with van der Waals surface area (Å²) in [5.74, 6) is 2.32. The monoisotopic (exact) mass is 306 g/mol. The van der Waals surface area contributed by atoms with Crippen molar-refractivity contribution in [3.8, 4) is 0 Å². The molecule has 1 unspecified atom stereocenters. The van der Waals surface area contributed by atoms with Gasteiger partial charge in [0.1, 0.15) is 0 Å². The molecule has 0 aliphatic heterocycles. The van der Waals surface area contributed by atoms with Gasteiger partial charge in [-0.3, -0.25) is 0 Å². The molecule has 0 spiro atoms. The zero-order valence-corrected chi connectivity index (χ0v) is 15.5. The Labute approximate surface area is 141 Å². The van der Waals surface area contributed by atoms with E-state index in [1.807, 2.05) is 0 Å². The molecule has 0 bridgehead atoms. The van der Waals surface area contributed by atoms with E-state index in [1.165, 1.54) is 5.56 Å². The van der Waals surface area contributed by atoms with Crippen LogP contribution in [0.15, 0.2) is 36.4 Å². The summed E-state index contributed by atoms with van der Waals surface area (Å²) in [4.78, 5) is 0. The van der Waals surface area contributed by atoms with Crippen LogP contribution in [0.5, 0.6) is 0 Å². The Morgan fingerprint density at radius 2 is 1.48 bits per heavy atom. The molecule has 0 amide bonds. The molecule has 0 saturated carbocycles. The second-order valence-corrected chi connectivity index (χ2v) is 8.05. The summed E-state index contributed by atoms with van der Waals surface area (Å²) in [5, 5.41) is 0. The van der Waals surface area contributed by atoms with Crippen LogP contribution >= 0.6 is 0 Å². The molecule has 0 heteroatoms. The molecular formula is C23H30. The van der Waals surface area contributed by atoms with Crippen molar-refractivity contribution in [2.75, 3.05) is 0 Å². The Bertz CT molecular complexity index is 704. The van der Waals surface area contributed by atoms with E-state index in [4.69, 9.17) is 0 Å². The van der Waals surface area contributed by atoms with Crippen LogP contribution in [0.3, 0.4) is 0 Å². The maximum atomic E-state index is 2.40. The van der Waals surface area contributed by atoms with Gasteiger partial charge >= 0.3 is 0 Å². The van der Waals surface area contributed by atoms with Crippen molar-refractivity contribution in [2.45, 2.75) is 65.7 Å². The lowest BCUT2D eigenvalue weighted by atomic mass is 9.68. The SMILES string of the molecule is CC(C)c1ccc2c(c1C(C)C)C(C(C)C)c1ccccc1C2. The fourth-order valence-electron chi connectivity index (χ4n) is 4.42. The van der Waals surface area contributed by atoms with Crippen molar-refractivity contribution in [1.29, 1.82) is 0 Å². The molecule has 0 N–H and O–H groups in total. The number of rotatable bonds is 3. The van der Waals surface area contributed by atoms with E-state index in [1.54, 1.807) is 27.8 Å². The van der Waals surface area contributed by atoms with Crippen molar-refractivity contribution in [2.24, 2.45) is 5.92 Å². The molecule has 1 aliphatic rings. The Kier molecular flexibility index (Phi) is 4.36. The van der Waals surface area contributed by atoms with Gasteiger partial charge in [0.15, 0.2) is 0 Å². The Hall–Kier alpha value is -1.56. The molecule has 0 fully saturated rings. The first-order chi connectivity index (χ1) is 10.9. The first-order valence-corrected chi connectivity index (χ1v) is 9.15. The molecular weight excluding hydrogens is 276 g/mol. The third kappa shape index (κ3) is 2.73. The van der Waals surface area contributed by atoms with Crippen molar-refractivity contribution in [3.05, 3.63) is 69.8 Å². The van der Waals surface area contributed by atoms with Crippen molar-refractivity contribution < 1.29 is 0 Å². The smallest absolute Gasteiger partial charge is 0.0121 e. The Balaban J connectivity index is 2.30. The van der Waals surface area contributed by atoms with E-state index in [9.17, 15) is 0 Å². The third-order valence-corrected chi connectivity index (χ3v) is 5.36. The molecule has 0 saturated heterocycles. The second kappa shape index (κ2) is 6.15. The second-order valence-electron chi connectivity index (χ2n) is 8.05. The molecule has 2 aromatic rings. The van der Waals surface area contributed by atoms with Crippen molar-refractivity contribution >= 4 is 0 Å². The lowest BCUT2D eigenvalue weighted by Crippen LogP contribution is -2.22. The first kappa shape index (κ1) is 16.3. The number of hydrogen-bond donors (Lipinski definition) is 0. The van der Waals surface area contributed by atoms with E-state index in [0.29, 0.717) is 23.7 Å². The average molecular weight is 306 g/mol. The summed E-state index contributed by atoms with van der Waals surface area (Å²) >= 11 is 0. The van der Waals surface area contributed by atoms with Crippen LogP contribution in [0.4, 0.5) is 0 Å². The van der Waals surface area contributed by atoms with Gasteiger partial charge in [-0.25, -0.2) is 0 Å². The highest BCUT2D eigenvalue weighted by molar-refractivity contribution is 5.56. The maximum Gasteiger partial charge on any atom is 0.0121 e. The van der Waals surface area contributed by atoms with Gasteiger partial charge in [0.25, 0.3) is 0 Å². The van der Waals surface area contributed by atoms with Gasteiger partial charge in [-0.15, -0.1) is 0 Å². The van der Waals surface area contributed by atoms with Crippen molar-refractivity contribution in [3.63, 3.8) is 0 Å². The van der Waals surface area contributed by atoms with Crippen LogP contribution in [-0.2, 0) is 6.42 Å². The molecule has 3 rings (SSSR count). The van der Waals surface area contributed by atoms with Gasteiger partial charge in [-0.2, -0.15) is 0 Å². The van der Waals surface area contributed by atoms with Crippen molar-refractivity contribution in [1.82, 2.24) is 0 Å². The highest BCUT2D eigenvalue weighted by Gasteiger charge is 2.31. The summed E-state index contributed by atoms with van der Waals surface area (Å²) in [7, 11) is 0. The summed E-state index contributed by atoms with van der Waals surface area (Å²) in [5.41, 5.74) is 9.42. The molecule has 2 aromatic carbocycles. The summed E-state index contributed by atoms with van der Waals surface area (Å²) in [6.07, 6.45) is 1.09. The Morgan fingerprint density at radius 3 is 2.09 bits per heavy atom. The molecule has 0 aromatic heterocycles. The van der Waals surface area contributed by atoms with E-state index in [2.05, 4.69) is 77.9 Å². The van der Waals surface area contributed by atoms with Crippen LogP contribution in [-0.4, -0.2) is 0 Å². The average Bonchev–Trinajstić information content (AvgIpc) is 2.50. The predicted molar refractivity (Wildman–Crippen MR) is 101 cm³/mol.